The maximum absolute atomic E-state index is 13.2. The van der Waals surface area contributed by atoms with Gasteiger partial charge in [0, 0.05) is 28.2 Å². The van der Waals surface area contributed by atoms with E-state index in [4.69, 9.17) is 9.72 Å². The van der Waals surface area contributed by atoms with Crippen LogP contribution in [0.15, 0.2) is 40.1 Å². The van der Waals surface area contributed by atoms with Crippen LogP contribution in [-0.4, -0.2) is 33.0 Å². The minimum atomic E-state index is -1.82. The normalized spacial score (nSPS) is 19.2. The highest BCUT2D eigenvalue weighted by molar-refractivity contribution is 5.89. The zero-order valence-corrected chi connectivity index (χ0v) is 18.2. The van der Waals surface area contributed by atoms with Crippen LogP contribution in [0.1, 0.15) is 43.9 Å². The van der Waals surface area contributed by atoms with E-state index in [1.807, 2.05) is 38.1 Å². The first-order valence-corrected chi connectivity index (χ1v) is 10.7. The summed E-state index contributed by atoms with van der Waals surface area (Å²) in [4.78, 5) is 34.6. The van der Waals surface area contributed by atoms with Gasteiger partial charge in [0.2, 0.25) is 0 Å². The molecule has 0 aliphatic carbocycles. The number of nitrogens with zero attached hydrogens (tertiary/aromatic N) is 3. The predicted octanol–water partition coefficient (Wildman–Crippen LogP) is 2.93. The Kier molecular flexibility index (Phi) is 4.63. The molecule has 3 aromatic rings. The van der Waals surface area contributed by atoms with E-state index in [9.17, 15) is 14.7 Å². The Labute approximate surface area is 184 Å². The molecule has 8 nitrogen and oxygen atoms in total. The fraction of sp³-hybridized carbons (Fsp3) is 0.333. The Morgan fingerprint density at radius 3 is 2.88 bits per heavy atom. The number of anilines is 1. The number of aliphatic hydroxyl groups is 1. The highest BCUT2D eigenvalue weighted by Gasteiger charge is 2.45. The zero-order valence-electron chi connectivity index (χ0n) is 18.2. The van der Waals surface area contributed by atoms with Crippen molar-refractivity contribution in [3.63, 3.8) is 0 Å². The molecule has 2 N–H and O–H groups in total. The largest absolute Gasteiger partial charge is 0.458 e. The summed E-state index contributed by atoms with van der Waals surface area (Å²) >= 11 is 0. The number of ether oxygens (including phenoxy) is 1. The number of nitrogens with one attached hydrogen (secondary N) is 1. The Bertz CT molecular complexity index is 1360. The minimum absolute atomic E-state index is 0.121. The first-order chi connectivity index (χ1) is 15.3. The molecule has 164 valence electrons. The van der Waals surface area contributed by atoms with Crippen LogP contribution < -0.4 is 10.9 Å². The van der Waals surface area contributed by atoms with Gasteiger partial charge in [0.05, 0.1) is 35.4 Å². The number of esters is 1. The van der Waals surface area contributed by atoms with Crippen molar-refractivity contribution >= 4 is 28.9 Å². The molecule has 0 saturated heterocycles. The second kappa shape index (κ2) is 7.27. The molecule has 0 radical (unpaired) electrons. The van der Waals surface area contributed by atoms with Crippen LogP contribution in [0.25, 0.3) is 22.3 Å². The van der Waals surface area contributed by atoms with Crippen molar-refractivity contribution in [2.45, 2.75) is 52.0 Å². The van der Waals surface area contributed by atoms with Gasteiger partial charge < -0.3 is 19.7 Å². The Morgan fingerprint density at radius 1 is 1.31 bits per heavy atom. The highest BCUT2D eigenvalue weighted by atomic mass is 16.6. The molecule has 0 bridgehead atoms. The second-order valence-corrected chi connectivity index (χ2v) is 8.52. The molecule has 2 aliphatic heterocycles. The van der Waals surface area contributed by atoms with Crippen LogP contribution in [0.5, 0.6) is 0 Å². The zero-order chi connectivity index (χ0) is 22.6. The molecule has 8 heteroatoms. The number of aromatic nitrogens is 2. The lowest BCUT2D eigenvalue weighted by Gasteiger charge is -2.31. The number of rotatable bonds is 4. The number of hydrogen-bond donors (Lipinski definition) is 2. The maximum atomic E-state index is 13.2. The average Bonchev–Trinajstić information content (AvgIpc) is 3.12. The van der Waals surface area contributed by atoms with Crippen molar-refractivity contribution in [3.8, 4) is 11.4 Å². The number of hydrogen-bond acceptors (Lipinski definition) is 6. The van der Waals surface area contributed by atoms with Gasteiger partial charge >= 0.3 is 5.97 Å². The standard InChI is InChI=1S/C24H24N4O4/c1-4-24(31)18-9-20-21-15(10-28(20)22(29)17(18)11-32-23(24)30)7-14-8-16(5-6-19(14)27-21)26-12-25-13(2)3/h5-9,12-13,31H,4,10-11H2,1-3H3,(H,25,26)/t24-/m0/s1. The number of carbonyl (C=O) groups is 1. The van der Waals surface area contributed by atoms with Crippen LogP contribution in [0.2, 0.25) is 0 Å². The van der Waals surface area contributed by atoms with Gasteiger partial charge in [-0.2, -0.15) is 0 Å². The number of aliphatic imine (C=N–C) groups is 1. The molecule has 1 aromatic carbocycles. The van der Waals surface area contributed by atoms with E-state index in [0.29, 0.717) is 29.1 Å². The number of carbonyl (C=O) groups excluding carboxylic acids is 1. The predicted molar refractivity (Wildman–Crippen MR) is 122 cm³/mol. The summed E-state index contributed by atoms with van der Waals surface area (Å²) in [5, 5.41) is 15.1. The summed E-state index contributed by atoms with van der Waals surface area (Å²) in [5.41, 5.74) is 2.48. The fourth-order valence-electron chi connectivity index (χ4n) is 4.34. The third-order valence-corrected chi connectivity index (χ3v) is 6.11. The van der Waals surface area contributed by atoms with Gasteiger partial charge in [-0.25, -0.2) is 9.78 Å². The summed E-state index contributed by atoms with van der Waals surface area (Å²) in [6.45, 7) is 5.95. The van der Waals surface area contributed by atoms with Gasteiger partial charge in [-0.05, 0) is 50.6 Å². The van der Waals surface area contributed by atoms with Gasteiger partial charge in [0.1, 0.15) is 6.61 Å². The molecule has 32 heavy (non-hydrogen) atoms. The third-order valence-electron chi connectivity index (χ3n) is 6.11. The van der Waals surface area contributed by atoms with E-state index >= 15 is 0 Å². The molecule has 0 amide bonds. The van der Waals surface area contributed by atoms with Crippen molar-refractivity contribution in [2.24, 2.45) is 4.99 Å². The quantitative estimate of drug-likeness (QED) is 0.292. The average molecular weight is 432 g/mol. The molecule has 2 aliphatic rings. The summed E-state index contributed by atoms with van der Waals surface area (Å²) in [6.07, 6.45) is 1.81. The summed E-state index contributed by atoms with van der Waals surface area (Å²) in [7, 11) is 0. The summed E-state index contributed by atoms with van der Waals surface area (Å²) < 4.78 is 6.75. The SMILES string of the molecule is CC[C@@]1(O)C(=O)OCc2c1cc1n(c2=O)Cc2cc3cc(NC=NC(C)C)ccc3nc2-1. The van der Waals surface area contributed by atoms with E-state index in [2.05, 4.69) is 10.3 Å². The van der Waals surface area contributed by atoms with Crippen LogP contribution in [0, 0.1) is 0 Å². The van der Waals surface area contributed by atoms with E-state index in [1.54, 1.807) is 23.9 Å². The first-order valence-electron chi connectivity index (χ1n) is 10.7. The topological polar surface area (TPSA) is 106 Å². The fourth-order valence-corrected chi connectivity index (χ4v) is 4.34. The Morgan fingerprint density at radius 2 is 2.12 bits per heavy atom. The molecule has 5 rings (SSSR count). The van der Waals surface area contributed by atoms with Crippen LogP contribution in [0.3, 0.4) is 0 Å². The van der Waals surface area contributed by atoms with Gasteiger partial charge in [-0.1, -0.05) is 6.92 Å². The maximum Gasteiger partial charge on any atom is 0.343 e. The van der Waals surface area contributed by atoms with E-state index in [1.165, 1.54) is 0 Å². The summed E-state index contributed by atoms with van der Waals surface area (Å²) in [6, 6.07) is 9.80. The molecule has 0 fully saturated rings. The summed E-state index contributed by atoms with van der Waals surface area (Å²) in [5.74, 6) is -0.720. The van der Waals surface area contributed by atoms with Crippen LogP contribution in [0.4, 0.5) is 5.69 Å². The van der Waals surface area contributed by atoms with Gasteiger partial charge in [-0.3, -0.25) is 9.79 Å². The van der Waals surface area contributed by atoms with Crippen molar-refractivity contribution in [1.29, 1.82) is 0 Å². The van der Waals surface area contributed by atoms with Crippen molar-refractivity contribution in [2.75, 3.05) is 5.32 Å². The lowest BCUT2D eigenvalue weighted by Crippen LogP contribution is -2.44. The molecule has 0 saturated carbocycles. The number of benzene rings is 1. The monoisotopic (exact) mass is 432 g/mol. The van der Waals surface area contributed by atoms with Crippen molar-refractivity contribution in [1.82, 2.24) is 9.55 Å². The van der Waals surface area contributed by atoms with Gasteiger partial charge in [-0.15, -0.1) is 0 Å². The third kappa shape index (κ3) is 3.02. The van der Waals surface area contributed by atoms with Crippen molar-refractivity contribution < 1.29 is 14.6 Å². The Balaban J connectivity index is 1.61. The van der Waals surface area contributed by atoms with E-state index in [0.717, 1.165) is 22.2 Å². The molecule has 1 atom stereocenters. The van der Waals surface area contributed by atoms with Gasteiger partial charge in [0.25, 0.3) is 5.56 Å². The van der Waals surface area contributed by atoms with Crippen molar-refractivity contribution in [3.05, 3.63) is 57.4 Å². The molecular weight excluding hydrogens is 408 g/mol. The second-order valence-electron chi connectivity index (χ2n) is 8.52. The lowest BCUT2D eigenvalue weighted by molar-refractivity contribution is -0.172. The molecule has 4 heterocycles. The number of fused-ring (bicyclic) bond motifs is 5. The molecule has 2 aromatic heterocycles. The minimum Gasteiger partial charge on any atom is -0.458 e. The molecule has 0 unspecified atom stereocenters. The van der Waals surface area contributed by atoms with E-state index < -0.39 is 11.6 Å². The first kappa shape index (κ1) is 20.4. The molecule has 0 spiro atoms. The highest BCUT2D eigenvalue weighted by Crippen LogP contribution is 2.38. The van der Waals surface area contributed by atoms with Crippen LogP contribution >= 0.6 is 0 Å². The van der Waals surface area contributed by atoms with E-state index in [-0.39, 0.29) is 24.6 Å². The Hall–Kier alpha value is -3.52. The smallest absolute Gasteiger partial charge is 0.343 e. The van der Waals surface area contributed by atoms with Crippen LogP contribution in [-0.2, 0) is 28.3 Å². The van der Waals surface area contributed by atoms with Gasteiger partial charge in [0.15, 0.2) is 5.60 Å². The molecular formula is C24H24N4O4. The number of pyridine rings is 2. The number of cyclic esters (lactones) is 1. The lowest BCUT2D eigenvalue weighted by atomic mass is 9.86.